The SMILES string of the molecule is CCOC(=O)c1c(C(F)(F)F)ccnc1NCCC(CC)NC1CCCCC1. The number of pyridine rings is 1. The van der Waals surface area contributed by atoms with Crippen LogP contribution in [0.25, 0.3) is 0 Å². The first-order valence-corrected chi connectivity index (χ1v) is 10.1. The molecule has 1 aromatic rings. The van der Waals surface area contributed by atoms with Gasteiger partial charge in [0.2, 0.25) is 0 Å². The molecule has 8 heteroatoms. The van der Waals surface area contributed by atoms with Crippen LogP contribution in [0.3, 0.4) is 0 Å². The highest BCUT2D eigenvalue weighted by Crippen LogP contribution is 2.34. The minimum absolute atomic E-state index is 0.00627. The lowest BCUT2D eigenvalue weighted by atomic mass is 9.94. The molecule has 0 saturated heterocycles. The molecule has 0 bridgehead atoms. The molecule has 0 aliphatic heterocycles. The Hall–Kier alpha value is -1.83. The number of carbonyl (C=O) groups excluding carboxylic acids is 1. The molecule has 1 aliphatic carbocycles. The quantitative estimate of drug-likeness (QED) is 0.583. The van der Waals surface area contributed by atoms with E-state index < -0.39 is 23.3 Å². The van der Waals surface area contributed by atoms with Gasteiger partial charge in [0.05, 0.1) is 12.2 Å². The van der Waals surface area contributed by atoms with Gasteiger partial charge >= 0.3 is 12.1 Å². The van der Waals surface area contributed by atoms with Gasteiger partial charge in [-0.3, -0.25) is 0 Å². The normalized spacial score (nSPS) is 16.6. The summed E-state index contributed by atoms with van der Waals surface area (Å²) in [5.74, 6) is -1.10. The number of rotatable bonds is 9. The summed E-state index contributed by atoms with van der Waals surface area (Å²) in [7, 11) is 0. The van der Waals surface area contributed by atoms with Crippen molar-refractivity contribution in [3.8, 4) is 0 Å². The number of nitrogens with one attached hydrogen (secondary N) is 2. The van der Waals surface area contributed by atoms with Crippen LogP contribution in [0.1, 0.15) is 74.7 Å². The van der Waals surface area contributed by atoms with Crippen molar-refractivity contribution < 1.29 is 22.7 Å². The Kier molecular flexibility index (Phi) is 8.54. The van der Waals surface area contributed by atoms with Gasteiger partial charge in [0.25, 0.3) is 0 Å². The van der Waals surface area contributed by atoms with Crippen LogP contribution in [0.15, 0.2) is 12.3 Å². The molecule has 28 heavy (non-hydrogen) atoms. The van der Waals surface area contributed by atoms with E-state index in [1.54, 1.807) is 6.92 Å². The van der Waals surface area contributed by atoms with Crippen LogP contribution in [-0.2, 0) is 10.9 Å². The monoisotopic (exact) mass is 401 g/mol. The Labute approximate surface area is 164 Å². The van der Waals surface area contributed by atoms with Crippen molar-refractivity contribution in [1.29, 1.82) is 0 Å². The average molecular weight is 401 g/mol. The average Bonchev–Trinajstić information content (AvgIpc) is 2.67. The molecule has 0 spiro atoms. The number of nitrogens with zero attached hydrogens (tertiary/aromatic N) is 1. The van der Waals surface area contributed by atoms with E-state index >= 15 is 0 Å². The van der Waals surface area contributed by atoms with E-state index in [2.05, 4.69) is 22.5 Å². The molecule has 1 fully saturated rings. The van der Waals surface area contributed by atoms with Gasteiger partial charge in [-0.1, -0.05) is 26.2 Å². The summed E-state index contributed by atoms with van der Waals surface area (Å²) in [5.41, 5.74) is -1.58. The summed E-state index contributed by atoms with van der Waals surface area (Å²) >= 11 is 0. The van der Waals surface area contributed by atoms with Gasteiger partial charge in [0.15, 0.2) is 0 Å². The first kappa shape index (κ1) is 22.5. The van der Waals surface area contributed by atoms with Crippen LogP contribution in [0.2, 0.25) is 0 Å². The van der Waals surface area contributed by atoms with Crippen molar-refractivity contribution in [2.75, 3.05) is 18.5 Å². The number of hydrogen-bond acceptors (Lipinski definition) is 5. The van der Waals surface area contributed by atoms with Gasteiger partial charge in [-0.15, -0.1) is 0 Å². The standard InChI is InChI=1S/C20H30F3N3O2/c1-3-14(26-15-8-6-5-7-9-15)10-12-24-18-17(19(27)28-4-2)16(11-13-25-18)20(21,22)23/h11,13-15,26H,3-10,12H2,1-2H3,(H,24,25). The van der Waals surface area contributed by atoms with Crippen molar-refractivity contribution in [1.82, 2.24) is 10.3 Å². The fourth-order valence-electron chi connectivity index (χ4n) is 3.61. The third-order valence-corrected chi connectivity index (χ3v) is 5.09. The maximum atomic E-state index is 13.3. The fraction of sp³-hybridized carbons (Fsp3) is 0.700. The molecular formula is C20H30F3N3O2. The summed E-state index contributed by atoms with van der Waals surface area (Å²) in [4.78, 5) is 16.1. The molecule has 0 aromatic carbocycles. The van der Waals surface area contributed by atoms with Crippen molar-refractivity contribution in [2.45, 2.75) is 77.1 Å². The third kappa shape index (κ3) is 6.36. The lowest BCUT2D eigenvalue weighted by Crippen LogP contribution is -2.40. The van der Waals surface area contributed by atoms with Crippen LogP contribution < -0.4 is 10.6 Å². The topological polar surface area (TPSA) is 63.2 Å². The highest BCUT2D eigenvalue weighted by Gasteiger charge is 2.37. The number of aromatic nitrogens is 1. The molecule has 1 heterocycles. The van der Waals surface area contributed by atoms with Crippen LogP contribution in [0.4, 0.5) is 19.0 Å². The molecular weight excluding hydrogens is 371 g/mol. The van der Waals surface area contributed by atoms with E-state index in [0.29, 0.717) is 12.6 Å². The lowest BCUT2D eigenvalue weighted by Gasteiger charge is -2.28. The number of halogens is 3. The van der Waals surface area contributed by atoms with Gasteiger partial charge in [-0.05, 0) is 38.7 Å². The Balaban J connectivity index is 2.04. The maximum absolute atomic E-state index is 13.3. The molecule has 0 amide bonds. The van der Waals surface area contributed by atoms with Crippen LogP contribution in [0.5, 0.6) is 0 Å². The highest BCUT2D eigenvalue weighted by atomic mass is 19.4. The molecule has 5 nitrogen and oxygen atoms in total. The second-order valence-electron chi connectivity index (χ2n) is 7.12. The number of carbonyl (C=O) groups is 1. The number of ether oxygens (including phenoxy) is 1. The van der Waals surface area contributed by atoms with E-state index in [0.717, 1.165) is 25.1 Å². The first-order chi connectivity index (χ1) is 13.4. The minimum atomic E-state index is -4.66. The smallest absolute Gasteiger partial charge is 0.417 e. The fourth-order valence-corrected chi connectivity index (χ4v) is 3.61. The summed E-state index contributed by atoms with van der Waals surface area (Å²) in [5, 5.41) is 6.57. The first-order valence-electron chi connectivity index (χ1n) is 10.1. The Morgan fingerprint density at radius 1 is 1.29 bits per heavy atom. The molecule has 1 atom stereocenters. The van der Waals surface area contributed by atoms with Crippen molar-refractivity contribution in [2.24, 2.45) is 0 Å². The summed E-state index contributed by atoms with van der Waals surface area (Å²) in [6, 6.07) is 1.59. The Bertz CT molecular complexity index is 632. The maximum Gasteiger partial charge on any atom is 0.417 e. The van der Waals surface area contributed by atoms with E-state index in [-0.39, 0.29) is 18.5 Å². The molecule has 1 aromatic heterocycles. The van der Waals surface area contributed by atoms with Gasteiger partial charge in [-0.2, -0.15) is 13.2 Å². The largest absolute Gasteiger partial charge is 0.462 e. The van der Waals surface area contributed by atoms with Gasteiger partial charge in [0, 0.05) is 24.8 Å². The second kappa shape index (κ2) is 10.6. The Morgan fingerprint density at radius 2 is 2.00 bits per heavy atom. The zero-order chi connectivity index (χ0) is 20.6. The van der Waals surface area contributed by atoms with Crippen molar-refractivity contribution >= 4 is 11.8 Å². The molecule has 1 aliphatic rings. The lowest BCUT2D eigenvalue weighted by molar-refractivity contribution is -0.138. The number of alkyl halides is 3. The number of hydrogen-bond donors (Lipinski definition) is 2. The van der Waals surface area contributed by atoms with Crippen molar-refractivity contribution in [3.05, 3.63) is 23.4 Å². The van der Waals surface area contributed by atoms with E-state index in [1.165, 1.54) is 32.1 Å². The summed E-state index contributed by atoms with van der Waals surface area (Å²) in [6.45, 7) is 4.05. The molecule has 1 unspecified atom stereocenters. The summed E-state index contributed by atoms with van der Waals surface area (Å²) < 4.78 is 44.8. The molecule has 2 rings (SSSR count). The van der Waals surface area contributed by atoms with Gasteiger partial charge in [0.1, 0.15) is 11.4 Å². The molecule has 158 valence electrons. The van der Waals surface area contributed by atoms with Crippen molar-refractivity contribution in [3.63, 3.8) is 0 Å². The van der Waals surface area contributed by atoms with Crippen LogP contribution >= 0.6 is 0 Å². The minimum Gasteiger partial charge on any atom is -0.462 e. The molecule has 2 N–H and O–H groups in total. The summed E-state index contributed by atoms with van der Waals surface area (Å²) in [6.07, 6.45) is 4.17. The molecule has 1 saturated carbocycles. The predicted molar refractivity (Wildman–Crippen MR) is 102 cm³/mol. The predicted octanol–water partition coefficient (Wildman–Crippen LogP) is 4.78. The zero-order valence-corrected chi connectivity index (χ0v) is 16.6. The second-order valence-corrected chi connectivity index (χ2v) is 7.12. The van der Waals surface area contributed by atoms with Crippen LogP contribution in [-0.4, -0.2) is 36.2 Å². The number of esters is 1. The third-order valence-electron chi connectivity index (χ3n) is 5.09. The van der Waals surface area contributed by atoms with E-state index in [1.807, 2.05) is 0 Å². The van der Waals surface area contributed by atoms with E-state index in [9.17, 15) is 18.0 Å². The van der Waals surface area contributed by atoms with Crippen LogP contribution in [0, 0.1) is 0 Å². The highest BCUT2D eigenvalue weighted by molar-refractivity contribution is 5.96. The van der Waals surface area contributed by atoms with Gasteiger partial charge < -0.3 is 15.4 Å². The zero-order valence-electron chi connectivity index (χ0n) is 16.6. The van der Waals surface area contributed by atoms with Gasteiger partial charge in [-0.25, -0.2) is 9.78 Å². The molecule has 0 radical (unpaired) electrons. The Morgan fingerprint density at radius 3 is 2.61 bits per heavy atom. The number of anilines is 1. The van der Waals surface area contributed by atoms with E-state index in [4.69, 9.17) is 4.74 Å².